The zero-order valence-electron chi connectivity index (χ0n) is 13.3. The van der Waals surface area contributed by atoms with Gasteiger partial charge in [-0.15, -0.1) is 0 Å². The van der Waals surface area contributed by atoms with Gasteiger partial charge in [-0.25, -0.2) is 13.2 Å². The van der Waals surface area contributed by atoms with Crippen LogP contribution in [0.1, 0.15) is 12.0 Å². The number of carbonyl (C=O) groups excluding carboxylic acids is 1. The Balaban J connectivity index is 1.79. The highest BCUT2D eigenvalue weighted by molar-refractivity contribution is 7.92. The number of fused-ring (bicyclic) bond motifs is 1. The van der Waals surface area contributed by atoms with Gasteiger partial charge in [0, 0.05) is 17.9 Å². The number of hydrogen-bond donors (Lipinski definition) is 2. The van der Waals surface area contributed by atoms with Crippen LogP contribution in [-0.2, 0) is 16.4 Å². The summed E-state index contributed by atoms with van der Waals surface area (Å²) in [7, 11) is -3.33. The van der Waals surface area contributed by atoms with Crippen LogP contribution < -0.4 is 14.9 Å². The number of sulfonamides is 1. The van der Waals surface area contributed by atoms with E-state index >= 15 is 0 Å². The first kappa shape index (κ1) is 16.3. The van der Waals surface area contributed by atoms with E-state index in [0.717, 1.165) is 18.4 Å². The number of carbonyl (C=O) groups is 1. The summed E-state index contributed by atoms with van der Waals surface area (Å²) in [6, 6.07) is 14.1. The first-order valence-electron chi connectivity index (χ1n) is 7.67. The van der Waals surface area contributed by atoms with Gasteiger partial charge in [0.2, 0.25) is 10.0 Å². The maximum absolute atomic E-state index is 12.1. The van der Waals surface area contributed by atoms with Gasteiger partial charge in [0.05, 0.1) is 11.9 Å². The summed E-state index contributed by atoms with van der Waals surface area (Å²) >= 11 is 0. The molecule has 0 atom stereocenters. The van der Waals surface area contributed by atoms with Crippen molar-refractivity contribution in [3.05, 3.63) is 54.1 Å². The lowest BCUT2D eigenvalue weighted by Crippen LogP contribution is -2.34. The summed E-state index contributed by atoms with van der Waals surface area (Å²) in [5.41, 5.74) is 2.85. The average Bonchev–Trinajstić information content (AvgIpc) is 2.54. The number of aryl methyl sites for hydroxylation is 1. The van der Waals surface area contributed by atoms with Gasteiger partial charge in [-0.3, -0.25) is 4.31 Å². The molecule has 7 heteroatoms. The smallest absolute Gasteiger partial charge is 0.308 e. The van der Waals surface area contributed by atoms with Crippen molar-refractivity contribution in [1.82, 2.24) is 0 Å². The second kappa shape index (κ2) is 6.52. The molecule has 0 unspecified atom stereocenters. The summed E-state index contributed by atoms with van der Waals surface area (Å²) in [5.74, 6) is 0. The SMILES string of the molecule is CS(=O)(=O)N1CCCc2ccc(NC(=O)Nc3ccccc3)cc21. The van der Waals surface area contributed by atoms with Gasteiger partial charge in [-0.05, 0) is 42.7 Å². The molecule has 0 aromatic heterocycles. The number of nitrogens with one attached hydrogen (secondary N) is 2. The topological polar surface area (TPSA) is 78.5 Å². The molecule has 0 saturated heterocycles. The molecule has 0 fully saturated rings. The third kappa shape index (κ3) is 3.68. The zero-order valence-corrected chi connectivity index (χ0v) is 14.1. The van der Waals surface area contributed by atoms with Crippen molar-refractivity contribution in [2.75, 3.05) is 27.7 Å². The molecule has 2 aromatic rings. The third-order valence-corrected chi connectivity index (χ3v) is 5.03. The first-order chi connectivity index (χ1) is 11.4. The maximum atomic E-state index is 12.1. The monoisotopic (exact) mass is 345 g/mol. The van der Waals surface area contributed by atoms with E-state index in [1.807, 2.05) is 24.3 Å². The van der Waals surface area contributed by atoms with Gasteiger partial charge in [0.15, 0.2) is 0 Å². The lowest BCUT2D eigenvalue weighted by Gasteiger charge is -2.29. The number of para-hydroxylation sites is 1. The molecule has 1 heterocycles. The minimum atomic E-state index is -3.33. The fourth-order valence-corrected chi connectivity index (χ4v) is 3.77. The molecule has 126 valence electrons. The van der Waals surface area contributed by atoms with Crippen molar-refractivity contribution in [3.8, 4) is 0 Å². The minimum absolute atomic E-state index is 0.372. The maximum Gasteiger partial charge on any atom is 0.323 e. The highest BCUT2D eigenvalue weighted by Crippen LogP contribution is 2.31. The zero-order chi connectivity index (χ0) is 17.2. The van der Waals surface area contributed by atoms with Crippen LogP contribution in [0.2, 0.25) is 0 Å². The second-order valence-electron chi connectivity index (χ2n) is 5.73. The van der Waals surface area contributed by atoms with Gasteiger partial charge < -0.3 is 10.6 Å². The molecule has 2 amide bonds. The quantitative estimate of drug-likeness (QED) is 0.897. The summed E-state index contributed by atoms with van der Waals surface area (Å²) < 4.78 is 25.3. The molecule has 2 N–H and O–H groups in total. The Hall–Kier alpha value is -2.54. The largest absolute Gasteiger partial charge is 0.323 e. The Bertz CT molecular complexity index is 851. The van der Waals surface area contributed by atoms with Crippen LogP contribution in [0.4, 0.5) is 21.9 Å². The standard InChI is InChI=1S/C17H19N3O3S/c1-24(22,23)20-11-5-6-13-9-10-15(12-16(13)20)19-17(21)18-14-7-3-2-4-8-14/h2-4,7-10,12H,5-6,11H2,1H3,(H2,18,19,21). The van der Waals surface area contributed by atoms with E-state index < -0.39 is 10.0 Å². The lowest BCUT2D eigenvalue weighted by molar-refractivity contribution is 0.262. The Morgan fingerprint density at radius 3 is 2.46 bits per heavy atom. The molecule has 1 aliphatic heterocycles. The minimum Gasteiger partial charge on any atom is -0.308 e. The van der Waals surface area contributed by atoms with Crippen LogP contribution >= 0.6 is 0 Å². The Labute approximate surface area is 141 Å². The fourth-order valence-electron chi connectivity index (χ4n) is 2.78. The number of benzene rings is 2. The van der Waals surface area contributed by atoms with E-state index in [0.29, 0.717) is 23.6 Å². The predicted octanol–water partition coefficient (Wildman–Crippen LogP) is 3.04. The van der Waals surface area contributed by atoms with Crippen molar-refractivity contribution < 1.29 is 13.2 Å². The van der Waals surface area contributed by atoms with Crippen LogP contribution in [0.3, 0.4) is 0 Å². The third-order valence-electron chi connectivity index (χ3n) is 3.85. The summed E-state index contributed by atoms with van der Waals surface area (Å²) in [6.45, 7) is 0.464. The second-order valence-corrected chi connectivity index (χ2v) is 7.63. The number of nitrogens with zero attached hydrogens (tertiary/aromatic N) is 1. The van der Waals surface area contributed by atoms with Crippen LogP contribution in [0.25, 0.3) is 0 Å². The van der Waals surface area contributed by atoms with Crippen molar-refractivity contribution in [3.63, 3.8) is 0 Å². The van der Waals surface area contributed by atoms with Crippen LogP contribution in [0.15, 0.2) is 48.5 Å². The van der Waals surface area contributed by atoms with E-state index in [1.165, 1.54) is 10.6 Å². The normalized spacial score (nSPS) is 14.0. The molecule has 24 heavy (non-hydrogen) atoms. The Morgan fingerprint density at radius 1 is 1.04 bits per heavy atom. The van der Waals surface area contributed by atoms with Crippen LogP contribution in [0.5, 0.6) is 0 Å². The molecule has 0 bridgehead atoms. The van der Waals surface area contributed by atoms with E-state index in [9.17, 15) is 13.2 Å². The fraction of sp³-hybridized carbons (Fsp3) is 0.235. The summed E-state index contributed by atoms with van der Waals surface area (Å²) in [4.78, 5) is 12.1. The highest BCUT2D eigenvalue weighted by Gasteiger charge is 2.24. The molecule has 0 aliphatic carbocycles. The first-order valence-corrected chi connectivity index (χ1v) is 9.52. The van der Waals surface area contributed by atoms with Crippen molar-refractivity contribution in [2.45, 2.75) is 12.8 Å². The van der Waals surface area contributed by atoms with E-state index in [4.69, 9.17) is 0 Å². The number of urea groups is 1. The molecular weight excluding hydrogens is 326 g/mol. The molecule has 0 radical (unpaired) electrons. The highest BCUT2D eigenvalue weighted by atomic mass is 32.2. The van der Waals surface area contributed by atoms with Crippen molar-refractivity contribution in [2.24, 2.45) is 0 Å². The van der Waals surface area contributed by atoms with Gasteiger partial charge in [0.1, 0.15) is 0 Å². The molecule has 2 aromatic carbocycles. The molecule has 3 rings (SSSR count). The molecular formula is C17H19N3O3S. The van der Waals surface area contributed by atoms with Crippen LogP contribution in [0, 0.1) is 0 Å². The van der Waals surface area contributed by atoms with Gasteiger partial charge in [-0.1, -0.05) is 24.3 Å². The summed E-state index contributed by atoms with van der Waals surface area (Å²) in [6.07, 6.45) is 2.82. The lowest BCUT2D eigenvalue weighted by atomic mass is 10.0. The average molecular weight is 345 g/mol. The summed E-state index contributed by atoms with van der Waals surface area (Å²) in [5, 5.41) is 5.47. The number of amides is 2. The molecule has 1 aliphatic rings. The van der Waals surface area contributed by atoms with Crippen molar-refractivity contribution >= 4 is 33.1 Å². The Morgan fingerprint density at radius 2 is 1.75 bits per heavy atom. The molecule has 0 saturated carbocycles. The Kier molecular flexibility index (Phi) is 4.44. The molecule has 6 nitrogen and oxygen atoms in total. The van der Waals surface area contributed by atoms with E-state index in [2.05, 4.69) is 10.6 Å². The van der Waals surface area contributed by atoms with E-state index in [-0.39, 0.29) is 6.03 Å². The van der Waals surface area contributed by atoms with Gasteiger partial charge >= 0.3 is 6.03 Å². The number of hydrogen-bond acceptors (Lipinski definition) is 3. The number of rotatable bonds is 3. The van der Waals surface area contributed by atoms with Crippen molar-refractivity contribution in [1.29, 1.82) is 0 Å². The predicted molar refractivity (Wildman–Crippen MR) is 96.0 cm³/mol. The number of anilines is 3. The molecule has 0 spiro atoms. The van der Waals surface area contributed by atoms with Gasteiger partial charge in [-0.2, -0.15) is 0 Å². The van der Waals surface area contributed by atoms with E-state index in [1.54, 1.807) is 24.3 Å². The van der Waals surface area contributed by atoms with Crippen LogP contribution in [-0.4, -0.2) is 27.2 Å². The van der Waals surface area contributed by atoms with Gasteiger partial charge in [0.25, 0.3) is 0 Å².